The van der Waals surface area contributed by atoms with Crippen LogP contribution in [0.3, 0.4) is 0 Å². The SMILES string of the molecule is CCCCCCCC[C@H](O)CCCC. The predicted octanol–water partition coefficient (Wildman–Crippen LogP) is 4.29. The maximum atomic E-state index is 9.58. The predicted molar refractivity (Wildman–Crippen MR) is 63.5 cm³/mol. The minimum absolute atomic E-state index is 0.0267. The molecule has 0 saturated carbocycles. The first-order chi connectivity index (χ1) is 6.81. The number of rotatable bonds is 10. The number of aliphatic hydroxyl groups is 1. The lowest BCUT2D eigenvalue weighted by Gasteiger charge is -2.09. The Morgan fingerprint density at radius 1 is 0.714 bits per heavy atom. The summed E-state index contributed by atoms with van der Waals surface area (Å²) in [6.07, 6.45) is 12.3. The molecule has 0 aliphatic heterocycles. The van der Waals surface area contributed by atoms with E-state index in [4.69, 9.17) is 0 Å². The van der Waals surface area contributed by atoms with Crippen LogP contribution < -0.4 is 0 Å². The van der Waals surface area contributed by atoms with Crippen LogP contribution in [0.15, 0.2) is 0 Å². The average Bonchev–Trinajstić information content (AvgIpc) is 2.20. The molecule has 0 amide bonds. The molecule has 0 saturated heterocycles. The van der Waals surface area contributed by atoms with E-state index in [0.717, 1.165) is 12.8 Å². The molecule has 1 nitrogen and oxygen atoms in total. The molecule has 0 radical (unpaired) electrons. The van der Waals surface area contributed by atoms with Gasteiger partial charge in [-0.2, -0.15) is 0 Å². The normalized spacial score (nSPS) is 13.1. The van der Waals surface area contributed by atoms with Crippen molar-refractivity contribution in [1.29, 1.82) is 0 Å². The number of unbranched alkanes of at least 4 members (excludes halogenated alkanes) is 6. The molecular weight excluding hydrogens is 172 g/mol. The second-order valence-corrected chi connectivity index (χ2v) is 4.35. The van der Waals surface area contributed by atoms with E-state index >= 15 is 0 Å². The molecule has 1 N–H and O–H groups in total. The average molecular weight is 200 g/mol. The van der Waals surface area contributed by atoms with Crippen molar-refractivity contribution in [2.24, 2.45) is 0 Å². The molecule has 0 spiro atoms. The van der Waals surface area contributed by atoms with Crippen molar-refractivity contribution in [1.82, 2.24) is 0 Å². The summed E-state index contributed by atoms with van der Waals surface area (Å²) in [4.78, 5) is 0. The van der Waals surface area contributed by atoms with E-state index < -0.39 is 0 Å². The Labute approximate surface area is 89.9 Å². The Bertz CT molecular complexity index is 101. The molecule has 0 aliphatic carbocycles. The fourth-order valence-corrected chi connectivity index (χ4v) is 1.74. The van der Waals surface area contributed by atoms with Crippen LogP contribution in [0.1, 0.15) is 78.1 Å². The third-order valence-electron chi connectivity index (χ3n) is 2.78. The summed E-state index contributed by atoms with van der Waals surface area (Å²) in [5.74, 6) is 0. The summed E-state index contributed by atoms with van der Waals surface area (Å²) in [5, 5.41) is 9.58. The zero-order valence-electron chi connectivity index (χ0n) is 10.1. The number of hydrogen-bond acceptors (Lipinski definition) is 1. The summed E-state index contributed by atoms with van der Waals surface area (Å²) in [7, 11) is 0. The molecule has 0 aromatic carbocycles. The van der Waals surface area contributed by atoms with E-state index in [1.54, 1.807) is 0 Å². The molecule has 0 heterocycles. The van der Waals surface area contributed by atoms with Gasteiger partial charge in [0.25, 0.3) is 0 Å². The molecule has 1 heteroatoms. The zero-order valence-corrected chi connectivity index (χ0v) is 10.1. The van der Waals surface area contributed by atoms with E-state index in [2.05, 4.69) is 13.8 Å². The van der Waals surface area contributed by atoms with Gasteiger partial charge in [0.05, 0.1) is 6.10 Å². The van der Waals surface area contributed by atoms with Crippen molar-refractivity contribution in [2.75, 3.05) is 0 Å². The zero-order chi connectivity index (χ0) is 10.6. The maximum Gasteiger partial charge on any atom is 0.0540 e. The minimum atomic E-state index is -0.0267. The molecule has 1 atom stereocenters. The highest BCUT2D eigenvalue weighted by atomic mass is 16.3. The van der Waals surface area contributed by atoms with Gasteiger partial charge in [0, 0.05) is 0 Å². The van der Waals surface area contributed by atoms with Crippen molar-refractivity contribution in [3.8, 4) is 0 Å². The van der Waals surface area contributed by atoms with Gasteiger partial charge in [-0.1, -0.05) is 65.2 Å². The van der Waals surface area contributed by atoms with E-state index in [1.165, 1.54) is 51.4 Å². The molecule has 0 aromatic heterocycles. The first-order valence-corrected chi connectivity index (χ1v) is 6.49. The number of hydrogen-bond donors (Lipinski definition) is 1. The lowest BCUT2D eigenvalue weighted by Crippen LogP contribution is -2.05. The highest BCUT2D eigenvalue weighted by Gasteiger charge is 2.02. The van der Waals surface area contributed by atoms with Gasteiger partial charge in [0.2, 0.25) is 0 Å². The fourth-order valence-electron chi connectivity index (χ4n) is 1.74. The van der Waals surface area contributed by atoms with Gasteiger partial charge in [-0.25, -0.2) is 0 Å². The molecule has 0 bridgehead atoms. The summed E-state index contributed by atoms with van der Waals surface area (Å²) in [5.41, 5.74) is 0. The van der Waals surface area contributed by atoms with Gasteiger partial charge in [0.15, 0.2) is 0 Å². The Hall–Kier alpha value is -0.0400. The van der Waals surface area contributed by atoms with Crippen molar-refractivity contribution in [2.45, 2.75) is 84.2 Å². The Morgan fingerprint density at radius 2 is 1.21 bits per heavy atom. The quantitative estimate of drug-likeness (QED) is 0.522. The highest BCUT2D eigenvalue weighted by molar-refractivity contribution is 4.56. The van der Waals surface area contributed by atoms with E-state index in [9.17, 15) is 5.11 Å². The molecule has 0 unspecified atom stereocenters. The summed E-state index contributed by atoms with van der Waals surface area (Å²) >= 11 is 0. The van der Waals surface area contributed by atoms with Gasteiger partial charge in [-0.3, -0.25) is 0 Å². The van der Waals surface area contributed by atoms with Gasteiger partial charge in [0.1, 0.15) is 0 Å². The lowest BCUT2D eigenvalue weighted by molar-refractivity contribution is 0.148. The monoisotopic (exact) mass is 200 g/mol. The van der Waals surface area contributed by atoms with E-state index in [-0.39, 0.29) is 6.10 Å². The largest absolute Gasteiger partial charge is 0.393 e. The highest BCUT2D eigenvalue weighted by Crippen LogP contribution is 2.11. The van der Waals surface area contributed by atoms with Crippen LogP contribution >= 0.6 is 0 Å². The summed E-state index contributed by atoms with van der Waals surface area (Å²) in [6, 6.07) is 0. The van der Waals surface area contributed by atoms with Crippen LogP contribution in [0.25, 0.3) is 0 Å². The van der Waals surface area contributed by atoms with Crippen LogP contribution in [0.5, 0.6) is 0 Å². The van der Waals surface area contributed by atoms with Crippen LogP contribution in [-0.4, -0.2) is 11.2 Å². The molecule has 0 fully saturated rings. The van der Waals surface area contributed by atoms with Gasteiger partial charge in [-0.15, -0.1) is 0 Å². The molecule has 86 valence electrons. The lowest BCUT2D eigenvalue weighted by atomic mass is 10.0. The molecule has 0 rings (SSSR count). The van der Waals surface area contributed by atoms with E-state index in [0.29, 0.717) is 0 Å². The van der Waals surface area contributed by atoms with Crippen molar-refractivity contribution >= 4 is 0 Å². The first-order valence-electron chi connectivity index (χ1n) is 6.49. The first kappa shape index (κ1) is 14.0. The van der Waals surface area contributed by atoms with Crippen molar-refractivity contribution in [3.63, 3.8) is 0 Å². The molecular formula is C13H28O. The second-order valence-electron chi connectivity index (χ2n) is 4.35. The second kappa shape index (κ2) is 11.0. The molecule has 0 aliphatic rings. The van der Waals surface area contributed by atoms with Gasteiger partial charge < -0.3 is 5.11 Å². The smallest absolute Gasteiger partial charge is 0.0540 e. The van der Waals surface area contributed by atoms with Crippen molar-refractivity contribution in [3.05, 3.63) is 0 Å². The Balaban J connectivity index is 3.02. The number of aliphatic hydroxyl groups excluding tert-OH is 1. The fraction of sp³-hybridized carbons (Fsp3) is 1.00. The van der Waals surface area contributed by atoms with Crippen LogP contribution in [-0.2, 0) is 0 Å². The Morgan fingerprint density at radius 3 is 1.86 bits per heavy atom. The third kappa shape index (κ3) is 10.0. The maximum absolute atomic E-state index is 9.58. The van der Waals surface area contributed by atoms with Gasteiger partial charge in [-0.05, 0) is 12.8 Å². The van der Waals surface area contributed by atoms with Crippen LogP contribution in [0.4, 0.5) is 0 Å². The third-order valence-corrected chi connectivity index (χ3v) is 2.78. The van der Waals surface area contributed by atoms with E-state index in [1.807, 2.05) is 0 Å². The Kier molecular flexibility index (Phi) is 11.0. The van der Waals surface area contributed by atoms with Crippen LogP contribution in [0.2, 0.25) is 0 Å². The van der Waals surface area contributed by atoms with Gasteiger partial charge >= 0.3 is 0 Å². The molecule has 0 aromatic rings. The molecule has 14 heavy (non-hydrogen) atoms. The van der Waals surface area contributed by atoms with Crippen molar-refractivity contribution < 1.29 is 5.11 Å². The summed E-state index contributed by atoms with van der Waals surface area (Å²) in [6.45, 7) is 4.42. The topological polar surface area (TPSA) is 20.2 Å². The van der Waals surface area contributed by atoms with Crippen LogP contribution in [0, 0.1) is 0 Å². The minimum Gasteiger partial charge on any atom is -0.393 e. The standard InChI is InChI=1S/C13H28O/c1-3-5-7-8-9-10-12-13(14)11-6-4-2/h13-14H,3-12H2,1-2H3/t13-/m1/s1. The summed E-state index contributed by atoms with van der Waals surface area (Å²) < 4.78 is 0.